The topological polar surface area (TPSA) is 33.5 Å². The summed E-state index contributed by atoms with van der Waals surface area (Å²) in [6.45, 7) is 4.40. The van der Waals surface area contributed by atoms with Crippen LogP contribution in [0.3, 0.4) is 0 Å². The van der Waals surface area contributed by atoms with Gasteiger partial charge in [0.15, 0.2) is 0 Å². The molecule has 0 aromatic heterocycles. The van der Waals surface area contributed by atoms with Crippen LogP contribution >= 0.6 is 0 Å². The van der Waals surface area contributed by atoms with Gasteiger partial charge in [0.05, 0.1) is 26.1 Å². The summed E-state index contributed by atoms with van der Waals surface area (Å²) in [5, 5.41) is 3.24. The van der Waals surface area contributed by atoms with Gasteiger partial charge in [-0.1, -0.05) is 37.3 Å². The number of rotatable bonds is 4. The van der Waals surface area contributed by atoms with E-state index < -0.39 is 0 Å². The van der Waals surface area contributed by atoms with Gasteiger partial charge in [-0.25, -0.2) is 0 Å². The lowest BCUT2D eigenvalue weighted by Crippen LogP contribution is -3.10. The molecule has 1 heterocycles. The lowest BCUT2D eigenvalue weighted by molar-refractivity contribution is -0.884. The summed E-state index contributed by atoms with van der Waals surface area (Å²) >= 11 is 0. The zero-order valence-corrected chi connectivity index (χ0v) is 12.0. The molecule has 3 heteroatoms. The highest BCUT2D eigenvalue weighted by Gasteiger charge is 2.24. The van der Waals surface area contributed by atoms with Gasteiger partial charge in [0.1, 0.15) is 0 Å². The van der Waals surface area contributed by atoms with Crippen molar-refractivity contribution >= 4 is 5.91 Å². The molecule has 1 aliphatic rings. The molecule has 3 nitrogen and oxygen atoms in total. The summed E-state index contributed by atoms with van der Waals surface area (Å²) in [5.74, 6) is 0.187. The fourth-order valence-corrected chi connectivity index (χ4v) is 2.81. The molecule has 1 fully saturated rings. The van der Waals surface area contributed by atoms with E-state index in [0.29, 0.717) is 6.04 Å². The predicted octanol–water partition coefficient (Wildman–Crippen LogP) is 0.974. The van der Waals surface area contributed by atoms with E-state index in [9.17, 15) is 4.79 Å². The second kappa shape index (κ2) is 6.71. The third kappa shape index (κ3) is 3.80. The molecular formula is C16H25N2O+. The van der Waals surface area contributed by atoms with Crippen molar-refractivity contribution < 1.29 is 9.69 Å². The van der Waals surface area contributed by atoms with Crippen molar-refractivity contribution in [2.24, 2.45) is 0 Å². The normalized spacial score (nSPS) is 24.7. The van der Waals surface area contributed by atoms with E-state index >= 15 is 0 Å². The van der Waals surface area contributed by atoms with Crippen LogP contribution in [0, 0.1) is 0 Å². The Morgan fingerprint density at radius 3 is 2.53 bits per heavy atom. The van der Waals surface area contributed by atoms with E-state index in [0.717, 1.165) is 37.9 Å². The number of nitrogens with one attached hydrogen (secondary N) is 2. The second-order valence-electron chi connectivity index (χ2n) is 5.61. The van der Waals surface area contributed by atoms with E-state index in [1.54, 1.807) is 4.90 Å². The minimum atomic E-state index is -0.00629. The number of benzene rings is 1. The monoisotopic (exact) mass is 261 g/mol. The average molecular weight is 261 g/mol. The van der Waals surface area contributed by atoms with Crippen LogP contribution in [0.4, 0.5) is 0 Å². The van der Waals surface area contributed by atoms with Crippen molar-refractivity contribution in [3.63, 3.8) is 0 Å². The number of hydrogen-bond donors (Lipinski definition) is 2. The third-order valence-corrected chi connectivity index (χ3v) is 4.11. The van der Waals surface area contributed by atoms with Crippen molar-refractivity contribution in [1.29, 1.82) is 0 Å². The number of likely N-dealkylation sites (tertiary alicyclic amines) is 1. The Balaban J connectivity index is 1.94. The summed E-state index contributed by atoms with van der Waals surface area (Å²) in [7, 11) is 2.22. The molecule has 1 saturated heterocycles. The minimum Gasteiger partial charge on any atom is -0.352 e. The first-order valence-corrected chi connectivity index (χ1v) is 7.37. The molecule has 0 saturated carbocycles. The van der Waals surface area contributed by atoms with Crippen molar-refractivity contribution in [2.45, 2.75) is 38.1 Å². The van der Waals surface area contributed by atoms with Gasteiger partial charge in [-0.2, -0.15) is 0 Å². The molecule has 2 N–H and O–H groups in total. The quantitative estimate of drug-likeness (QED) is 0.832. The van der Waals surface area contributed by atoms with Gasteiger partial charge in [-0.3, -0.25) is 4.79 Å². The van der Waals surface area contributed by atoms with E-state index in [4.69, 9.17) is 0 Å². The Morgan fingerprint density at radius 2 is 1.95 bits per heavy atom. The van der Waals surface area contributed by atoms with Crippen LogP contribution in [0.2, 0.25) is 0 Å². The number of quaternary nitrogens is 1. The van der Waals surface area contributed by atoms with Crippen molar-refractivity contribution in [3.8, 4) is 0 Å². The molecule has 1 atom stereocenters. The zero-order valence-electron chi connectivity index (χ0n) is 12.0. The molecule has 19 heavy (non-hydrogen) atoms. The SMILES string of the molecule is CC[C@@H](C(=O)NC1CC[NH+](C)CC1)c1ccccc1. The maximum Gasteiger partial charge on any atom is 0.227 e. The minimum absolute atomic E-state index is 0.00629. The van der Waals surface area contributed by atoms with Gasteiger partial charge < -0.3 is 10.2 Å². The first-order valence-electron chi connectivity index (χ1n) is 7.37. The molecule has 104 valence electrons. The molecule has 0 radical (unpaired) electrons. The number of piperidine rings is 1. The Bertz CT molecular complexity index is 396. The average Bonchev–Trinajstić information content (AvgIpc) is 2.43. The Hall–Kier alpha value is -1.35. The van der Waals surface area contributed by atoms with E-state index in [1.807, 2.05) is 30.3 Å². The molecule has 1 aromatic carbocycles. The highest BCUT2D eigenvalue weighted by Crippen LogP contribution is 2.19. The fraction of sp³-hybridized carbons (Fsp3) is 0.562. The molecule has 1 amide bonds. The van der Waals surface area contributed by atoms with Gasteiger partial charge in [0.25, 0.3) is 0 Å². The second-order valence-corrected chi connectivity index (χ2v) is 5.61. The smallest absolute Gasteiger partial charge is 0.227 e. The first kappa shape index (κ1) is 14.1. The maximum atomic E-state index is 12.4. The summed E-state index contributed by atoms with van der Waals surface area (Å²) in [4.78, 5) is 14.0. The number of carbonyl (C=O) groups excluding carboxylic acids is 1. The van der Waals surface area contributed by atoms with E-state index in [-0.39, 0.29) is 11.8 Å². The fourth-order valence-electron chi connectivity index (χ4n) is 2.81. The molecule has 0 unspecified atom stereocenters. The van der Waals surface area contributed by atoms with Crippen molar-refractivity contribution in [3.05, 3.63) is 35.9 Å². The van der Waals surface area contributed by atoms with Gasteiger partial charge in [0, 0.05) is 18.9 Å². The number of amides is 1. The van der Waals surface area contributed by atoms with Gasteiger partial charge in [-0.05, 0) is 12.0 Å². The van der Waals surface area contributed by atoms with Crippen LogP contribution in [0.25, 0.3) is 0 Å². The summed E-state index contributed by atoms with van der Waals surface area (Å²) in [5.41, 5.74) is 1.13. The highest BCUT2D eigenvalue weighted by molar-refractivity contribution is 5.83. The number of carbonyl (C=O) groups is 1. The van der Waals surface area contributed by atoms with Crippen LogP contribution < -0.4 is 10.2 Å². The van der Waals surface area contributed by atoms with E-state index in [2.05, 4.69) is 19.3 Å². The van der Waals surface area contributed by atoms with Crippen molar-refractivity contribution in [1.82, 2.24) is 5.32 Å². The van der Waals surface area contributed by atoms with Crippen LogP contribution in [-0.2, 0) is 4.79 Å². The van der Waals surface area contributed by atoms with Crippen LogP contribution in [0.1, 0.15) is 37.7 Å². The van der Waals surface area contributed by atoms with E-state index in [1.165, 1.54) is 0 Å². The predicted molar refractivity (Wildman–Crippen MR) is 77.3 cm³/mol. The largest absolute Gasteiger partial charge is 0.352 e. The van der Waals surface area contributed by atoms with Crippen LogP contribution in [0.5, 0.6) is 0 Å². The summed E-state index contributed by atoms with van der Waals surface area (Å²) < 4.78 is 0. The molecule has 0 spiro atoms. The summed E-state index contributed by atoms with van der Waals surface area (Å²) in [6, 6.07) is 10.5. The highest BCUT2D eigenvalue weighted by atomic mass is 16.1. The van der Waals surface area contributed by atoms with Crippen molar-refractivity contribution in [2.75, 3.05) is 20.1 Å². The molecule has 0 bridgehead atoms. The molecule has 2 rings (SSSR count). The molecular weight excluding hydrogens is 236 g/mol. The Labute approximate surface area is 116 Å². The van der Waals surface area contributed by atoms with Gasteiger partial charge in [0.2, 0.25) is 5.91 Å². The van der Waals surface area contributed by atoms with Crippen LogP contribution in [-0.4, -0.2) is 32.1 Å². The Morgan fingerprint density at radius 1 is 1.32 bits per heavy atom. The lowest BCUT2D eigenvalue weighted by Gasteiger charge is -2.28. The Kier molecular flexibility index (Phi) is 4.97. The van der Waals surface area contributed by atoms with Gasteiger partial charge in [-0.15, -0.1) is 0 Å². The maximum absolute atomic E-state index is 12.4. The lowest BCUT2D eigenvalue weighted by atomic mass is 9.94. The molecule has 1 aliphatic heterocycles. The summed E-state index contributed by atoms with van der Waals surface area (Å²) in [6.07, 6.45) is 3.05. The third-order valence-electron chi connectivity index (χ3n) is 4.11. The standard InChI is InChI=1S/C16H24N2O/c1-3-15(13-7-5-4-6-8-13)16(19)17-14-9-11-18(2)12-10-14/h4-8,14-15H,3,9-12H2,1-2H3,(H,17,19)/p+1/t15-/m1/s1. The first-order chi connectivity index (χ1) is 9.20. The number of hydrogen-bond acceptors (Lipinski definition) is 1. The molecule has 1 aromatic rings. The zero-order chi connectivity index (χ0) is 13.7. The van der Waals surface area contributed by atoms with Crippen LogP contribution in [0.15, 0.2) is 30.3 Å². The van der Waals surface area contributed by atoms with Gasteiger partial charge >= 0.3 is 0 Å². The molecule has 0 aliphatic carbocycles.